The summed E-state index contributed by atoms with van der Waals surface area (Å²) < 4.78 is 7.17. The highest BCUT2D eigenvalue weighted by atomic mass is 79.9. The first-order chi connectivity index (χ1) is 9.70. The summed E-state index contributed by atoms with van der Waals surface area (Å²) in [6.07, 6.45) is 8.14. The summed E-state index contributed by atoms with van der Waals surface area (Å²) in [4.78, 5) is 0. The molecule has 0 aromatic heterocycles. The normalized spacial score (nSPS) is 29.6. The van der Waals surface area contributed by atoms with Crippen molar-refractivity contribution in [2.24, 2.45) is 5.92 Å². The second-order valence-electron chi connectivity index (χ2n) is 6.41. The number of ether oxygens (including phenoxy) is 1. The third kappa shape index (κ3) is 3.56. The van der Waals surface area contributed by atoms with Crippen LogP contribution in [0.1, 0.15) is 44.6 Å². The molecule has 0 spiro atoms. The van der Waals surface area contributed by atoms with Crippen LogP contribution in [0.15, 0.2) is 22.7 Å². The van der Waals surface area contributed by atoms with Gasteiger partial charge in [-0.2, -0.15) is 0 Å². The molecule has 2 nitrogen and oxygen atoms in total. The van der Waals surface area contributed by atoms with Crippen LogP contribution in [0.2, 0.25) is 0 Å². The van der Waals surface area contributed by atoms with E-state index >= 15 is 0 Å². The smallest absolute Gasteiger partial charge is 0.123 e. The van der Waals surface area contributed by atoms with Crippen LogP contribution in [-0.2, 0) is 6.42 Å². The summed E-state index contributed by atoms with van der Waals surface area (Å²) in [5.74, 6) is 1.97. The highest BCUT2D eigenvalue weighted by Crippen LogP contribution is 2.31. The Bertz CT molecular complexity index is 462. The third-order valence-corrected chi connectivity index (χ3v) is 5.15. The van der Waals surface area contributed by atoms with E-state index in [0.717, 1.165) is 29.1 Å². The highest BCUT2D eigenvalue weighted by molar-refractivity contribution is 9.10. The van der Waals surface area contributed by atoms with Crippen molar-refractivity contribution in [2.75, 3.05) is 6.54 Å². The lowest BCUT2D eigenvalue weighted by Gasteiger charge is -2.19. The van der Waals surface area contributed by atoms with Crippen molar-refractivity contribution in [2.45, 2.75) is 57.6 Å². The lowest BCUT2D eigenvalue weighted by atomic mass is 10.0. The quantitative estimate of drug-likeness (QED) is 0.829. The maximum atomic E-state index is 6.02. The summed E-state index contributed by atoms with van der Waals surface area (Å²) in [5.41, 5.74) is 1.33. The van der Waals surface area contributed by atoms with Gasteiger partial charge < -0.3 is 10.1 Å². The van der Waals surface area contributed by atoms with Crippen LogP contribution >= 0.6 is 15.9 Å². The SMILES string of the molecule is CC1CCCC(NCC2Cc3cc(Br)ccc3O2)CC1. The molecule has 3 unspecified atom stereocenters. The van der Waals surface area contributed by atoms with E-state index in [9.17, 15) is 0 Å². The van der Waals surface area contributed by atoms with Crippen LogP contribution < -0.4 is 10.1 Å². The Kier molecular flexibility index (Phi) is 4.67. The van der Waals surface area contributed by atoms with Gasteiger partial charge in [-0.05, 0) is 48.9 Å². The Morgan fingerprint density at radius 1 is 1.25 bits per heavy atom. The number of nitrogens with one attached hydrogen (secondary N) is 1. The minimum atomic E-state index is 0.306. The van der Waals surface area contributed by atoms with E-state index < -0.39 is 0 Å². The van der Waals surface area contributed by atoms with Gasteiger partial charge in [-0.1, -0.05) is 35.7 Å². The van der Waals surface area contributed by atoms with Crippen LogP contribution in [0.5, 0.6) is 5.75 Å². The van der Waals surface area contributed by atoms with Crippen LogP contribution in [0.25, 0.3) is 0 Å². The van der Waals surface area contributed by atoms with Crippen molar-refractivity contribution in [1.29, 1.82) is 0 Å². The monoisotopic (exact) mass is 337 g/mol. The molecule has 1 aliphatic heterocycles. The number of hydrogen-bond donors (Lipinski definition) is 1. The summed E-state index contributed by atoms with van der Waals surface area (Å²) in [7, 11) is 0. The Morgan fingerprint density at radius 3 is 3.05 bits per heavy atom. The lowest BCUT2D eigenvalue weighted by Crippen LogP contribution is -2.37. The molecule has 20 heavy (non-hydrogen) atoms. The summed E-state index contributed by atoms with van der Waals surface area (Å²) in [6.45, 7) is 3.36. The van der Waals surface area contributed by atoms with Crippen molar-refractivity contribution >= 4 is 15.9 Å². The predicted molar refractivity (Wildman–Crippen MR) is 86.3 cm³/mol. The van der Waals surface area contributed by atoms with E-state index in [1.807, 2.05) is 0 Å². The molecule has 0 bridgehead atoms. The number of benzene rings is 1. The van der Waals surface area contributed by atoms with Crippen LogP contribution in [0.4, 0.5) is 0 Å². The molecule has 3 heteroatoms. The molecule has 1 aromatic rings. The predicted octanol–water partition coefficient (Wildman–Crippen LogP) is 4.31. The van der Waals surface area contributed by atoms with Crippen molar-refractivity contribution in [3.05, 3.63) is 28.2 Å². The van der Waals surface area contributed by atoms with Gasteiger partial charge in [-0.25, -0.2) is 0 Å². The van der Waals surface area contributed by atoms with Crippen molar-refractivity contribution < 1.29 is 4.74 Å². The maximum Gasteiger partial charge on any atom is 0.123 e. The zero-order valence-corrected chi connectivity index (χ0v) is 13.8. The minimum Gasteiger partial charge on any atom is -0.488 e. The standard InChI is InChI=1S/C17H24BrNO/c1-12-3-2-4-15(7-5-12)19-11-16-10-13-9-14(18)6-8-17(13)20-16/h6,8-9,12,15-16,19H,2-5,7,10-11H2,1H3. The molecule has 1 heterocycles. The molecule has 2 aliphatic rings. The third-order valence-electron chi connectivity index (χ3n) is 4.66. The number of halogens is 1. The van der Waals surface area contributed by atoms with Gasteiger partial charge in [0.2, 0.25) is 0 Å². The van der Waals surface area contributed by atoms with Crippen LogP contribution in [0.3, 0.4) is 0 Å². The average molecular weight is 338 g/mol. The molecule has 0 amide bonds. The summed E-state index contributed by atoms with van der Waals surface area (Å²) >= 11 is 3.53. The topological polar surface area (TPSA) is 21.3 Å². The van der Waals surface area contributed by atoms with E-state index in [2.05, 4.69) is 46.4 Å². The fraction of sp³-hybridized carbons (Fsp3) is 0.647. The van der Waals surface area contributed by atoms with Crippen molar-refractivity contribution in [3.8, 4) is 5.75 Å². The first kappa shape index (κ1) is 14.4. The van der Waals surface area contributed by atoms with Gasteiger partial charge in [-0.3, -0.25) is 0 Å². The maximum absolute atomic E-state index is 6.02. The first-order valence-electron chi connectivity index (χ1n) is 7.89. The van der Waals surface area contributed by atoms with Gasteiger partial charge in [0.25, 0.3) is 0 Å². The molecule has 1 saturated carbocycles. The summed E-state index contributed by atoms with van der Waals surface area (Å²) in [6, 6.07) is 7.01. The summed E-state index contributed by atoms with van der Waals surface area (Å²) in [5, 5.41) is 3.74. The molecular formula is C17H24BrNO. The second-order valence-corrected chi connectivity index (χ2v) is 7.33. The van der Waals surface area contributed by atoms with Gasteiger partial charge in [0.05, 0.1) is 0 Å². The molecule has 1 aliphatic carbocycles. The molecule has 1 N–H and O–H groups in total. The first-order valence-corrected chi connectivity index (χ1v) is 8.68. The van der Waals surface area contributed by atoms with E-state index in [4.69, 9.17) is 4.74 Å². The van der Waals surface area contributed by atoms with Gasteiger partial charge in [0.15, 0.2) is 0 Å². The van der Waals surface area contributed by atoms with Gasteiger partial charge in [0.1, 0.15) is 11.9 Å². The zero-order valence-electron chi connectivity index (χ0n) is 12.2. The molecule has 110 valence electrons. The lowest BCUT2D eigenvalue weighted by molar-refractivity contribution is 0.218. The molecule has 0 saturated heterocycles. The molecule has 0 radical (unpaired) electrons. The van der Waals surface area contributed by atoms with Gasteiger partial charge in [0, 0.05) is 23.5 Å². The highest BCUT2D eigenvalue weighted by Gasteiger charge is 2.24. The van der Waals surface area contributed by atoms with E-state index in [1.165, 1.54) is 37.7 Å². The van der Waals surface area contributed by atoms with Gasteiger partial charge >= 0.3 is 0 Å². The number of rotatable bonds is 3. The van der Waals surface area contributed by atoms with Crippen LogP contribution in [0, 0.1) is 5.92 Å². The number of fused-ring (bicyclic) bond motifs is 1. The fourth-order valence-electron chi connectivity index (χ4n) is 3.39. The Hall–Kier alpha value is -0.540. The molecule has 1 aromatic carbocycles. The Morgan fingerprint density at radius 2 is 2.15 bits per heavy atom. The fourth-order valence-corrected chi connectivity index (χ4v) is 3.80. The van der Waals surface area contributed by atoms with E-state index in [1.54, 1.807) is 0 Å². The Balaban J connectivity index is 1.48. The largest absolute Gasteiger partial charge is 0.488 e. The average Bonchev–Trinajstić information content (AvgIpc) is 2.71. The molecule has 3 atom stereocenters. The van der Waals surface area contributed by atoms with E-state index in [-0.39, 0.29) is 0 Å². The van der Waals surface area contributed by atoms with Crippen molar-refractivity contribution in [1.82, 2.24) is 5.32 Å². The van der Waals surface area contributed by atoms with Crippen molar-refractivity contribution in [3.63, 3.8) is 0 Å². The molecule has 1 fully saturated rings. The number of hydrogen-bond acceptors (Lipinski definition) is 2. The van der Waals surface area contributed by atoms with Crippen LogP contribution in [-0.4, -0.2) is 18.7 Å². The molecular weight excluding hydrogens is 314 g/mol. The van der Waals surface area contributed by atoms with Gasteiger partial charge in [-0.15, -0.1) is 0 Å². The van der Waals surface area contributed by atoms with E-state index in [0.29, 0.717) is 12.1 Å². The zero-order chi connectivity index (χ0) is 13.9. The second kappa shape index (κ2) is 6.48. The molecule has 3 rings (SSSR count). The Labute approximate surface area is 130 Å². The minimum absolute atomic E-state index is 0.306.